The van der Waals surface area contributed by atoms with Crippen LogP contribution >= 0.6 is 0 Å². The predicted octanol–water partition coefficient (Wildman–Crippen LogP) is 3.78. The molecular formula is C10H15F6NO2. The lowest BCUT2D eigenvalue weighted by molar-refractivity contribution is -0.305. The molecule has 0 saturated heterocycles. The summed E-state index contributed by atoms with van der Waals surface area (Å²) in [6, 6.07) is 0. The van der Waals surface area contributed by atoms with E-state index in [9.17, 15) is 31.1 Å². The van der Waals surface area contributed by atoms with Crippen molar-refractivity contribution in [1.29, 1.82) is 0 Å². The van der Waals surface area contributed by atoms with Crippen LogP contribution in [-0.4, -0.2) is 30.1 Å². The highest BCUT2D eigenvalue weighted by molar-refractivity contribution is 5.69. The Kier molecular flexibility index (Phi) is 5.52. The maximum Gasteiger partial charge on any atom is 0.420 e. The van der Waals surface area contributed by atoms with Gasteiger partial charge in [-0.15, -0.1) is 0 Å². The molecule has 1 unspecified atom stereocenters. The molecule has 0 aliphatic rings. The van der Waals surface area contributed by atoms with Crippen LogP contribution in [0.5, 0.6) is 0 Å². The number of alkyl halides is 6. The van der Waals surface area contributed by atoms with Gasteiger partial charge in [0, 0.05) is 0 Å². The number of rotatable bonds is 4. The van der Waals surface area contributed by atoms with Crippen LogP contribution in [0.2, 0.25) is 0 Å². The zero-order chi connectivity index (χ0) is 15.5. The molecule has 9 heteroatoms. The van der Waals surface area contributed by atoms with Crippen LogP contribution in [-0.2, 0) is 4.74 Å². The molecule has 0 aliphatic carbocycles. The van der Waals surface area contributed by atoms with E-state index in [0.717, 1.165) is 5.32 Å². The average molecular weight is 295 g/mol. The van der Waals surface area contributed by atoms with E-state index >= 15 is 0 Å². The number of ether oxygens (including phenoxy) is 1. The minimum atomic E-state index is -5.67. The molecule has 0 radical (unpaired) electrons. The second-order valence-corrected chi connectivity index (χ2v) is 4.00. The summed E-state index contributed by atoms with van der Waals surface area (Å²) in [6.45, 7) is 3.61. The van der Waals surface area contributed by atoms with Crippen molar-refractivity contribution in [1.82, 2.24) is 5.32 Å². The van der Waals surface area contributed by atoms with Gasteiger partial charge >= 0.3 is 18.4 Å². The van der Waals surface area contributed by atoms with Crippen molar-refractivity contribution in [2.45, 2.75) is 57.6 Å². The zero-order valence-corrected chi connectivity index (χ0v) is 10.6. The van der Waals surface area contributed by atoms with E-state index in [1.165, 1.54) is 6.92 Å². The van der Waals surface area contributed by atoms with E-state index in [-0.39, 0.29) is 6.42 Å². The number of halogens is 6. The summed E-state index contributed by atoms with van der Waals surface area (Å²) in [7, 11) is 0. The molecule has 0 fully saturated rings. The third kappa shape index (κ3) is 3.90. The highest BCUT2D eigenvalue weighted by Crippen LogP contribution is 2.45. The fourth-order valence-corrected chi connectivity index (χ4v) is 1.26. The Balaban J connectivity index is 5.25. The third-order valence-corrected chi connectivity index (χ3v) is 2.70. The van der Waals surface area contributed by atoms with Gasteiger partial charge in [-0.2, -0.15) is 26.3 Å². The molecular weight excluding hydrogens is 280 g/mol. The SMILES string of the molecule is CCC(C)OC(=O)NC(CC)(C(F)(F)F)C(F)(F)F. The lowest BCUT2D eigenvalue weighted by Gasteiger charge is -2.36. The third-order valence-electron chi connectivity index (χ3n) is 2.70. The molecule has 114 valence electrons. The van der Waals surface area contributed by atoms with Gasteiger partial charge in [0.05, 0.1) is 0 Å². The summed E-state index contributed by atoms with van der Waals surface area (Å²) in [5, 5.41) is 0.914. The molecule has 3 nitrogen and oxygen atoms in total. The quantitative estimate of drug-likeness (QED) is 0.801. The number of nitrogens with one attached hydrogen (secondary N) is 1. The van der Waals surface area contributed by atoms with E-state index in [4.69, 9.17) is 0 Å². The number of carbonyl (C=O) groups excluding carboxylic acids is 1. The van der Waals surface area contributed by atoms with Gasteiger partial charge in [-0.05, 0) is 19.8 Å². The normalized spacial score (nSPS) is 15.0. The van der Waals surface area contributed by atoms with Gasteiger partial charge in [-0.25, -0.2) is 4.79 Å². The maximum atomic E-state index is 12.7. The molecule has 0 aromatic rings. The van der Waals surface area contributed by atoms with Crippen LogP contribution in [0.1, 0.15) is 33.6 Å². The van der Waals surface area contributed by atoms with Gasteiger partial charge in [0.15, 0.2) is 0 Å². The molecule has 1 atom stereocenters. The summed E-state index contributed by atoms with van der Waals surface area (Å²) < 4.78 is 80.4. The Labute approximate surface area is 106 Å². The second kappa shape index (κ2) is 5.87. The first-order chi connectivity index (χ1) is 8.41. The largest absolute Gasteiger partial charge is 0.447 e. The van der Waals surface area contributed by atoms with Crippen molar-refractivity contribution in [2.24, 2.45) is 0 Å². The molecule has 0 spiro atoms. The zero-order valence-electron chi connectivity index (χ0n) is 10.6. The molecule has 0 aromatic carbocycles. The van der Waals surface area contributed by atoms with Crippen LogP contribution in [0, 0.1) is 0 Å². The molecule has 0 aromatic heterocycles. The molecule has 19 heavy (non-hydrogen) atoms. The summed E-state index contributed by atoms with van der Waals surface area (Å²) in [5.74, 6) is 0. The van der Waals surface area contributed by atoms with E-state index in [1.54, 1.807) is 6.92 Å². The first-order valence-electron chi connectivity index (χ1n) is 5.53. The second-order valence-electron chi connectivity index (χ2n) is 4.00. The smallest absolute Gasteiger partial charge is 0.420 e. The molecule has 1 N–H and O–H groups in total. The summed E-state index contributed by atoms with van der Waals surface area (Å²) in [5.41, 5.74) is -4.30. The van der Waals surface area contributed by atoms with Crippen molar-refractivity contribution >= 4 is 6.09 Å². The topological polar surface area (TPSA) is 38.3 Å². The fourth-order valence-electron chi connectivity index (χ4n) is 1.26. The number of hydrogen-bond acceptors (Lipinski definition) is 2. The molecule has 0 aliphatic heterocycles. The number of carbonyl (C=O) groups is 1. The lowest BCUT2D eigenvalue weighted by Crippen LogP contribution is -2.67. The highest BCUT2D eigenvalue weighted by atomic mass is 19.4. The predicted molar refractivity (Wildman–Crippen MR) is 54.5 cm³/mol. The van der Waals surface area contributed by atoms with Gasteiger partial charge in [0.2, 0.25) is 5.54 Å². The molecule has 1 amide bonds. The highest BCUT2D eigenvalue weighted by Gasteiger charge is 2.70. The average Bonchev–Trinajstić information content (AvgIpc) is 2.21. The fraction of sp³-hybridized carbons (Fsp3) is 0.900. The minimum Gasteiger partial charge on any atom is -0.447 e. The van der Waals surface area contributed by atoms with Crippen molar-refractivity contribution in [3.05, 3.63) is 0 Å². The maximum absolute atomic E-state index is 12.7. The van der Waals surface area contributed by atoms with Crippen molar-refractivity contribution < 1.29 is 35.9 Å². The van der Waals surface area contributed by atoms with E-state index in [1.807, 2.05) is 0 Å². The van der Waals surface area contributed by atoms with Crippen LogP contribution in [0.15, 0.2) is 0 Å². The van der Waals surface area contributed by atoms with E-state index < -0.39 is 36.5 Å². The molecule has 0 heterocycles. The van der Waals surface area contributed by atoms with Crippen LogP contribution in [0.25, 0.3) is 0 Å². The summed E-state index contributed by atoms with van der Waals surface area (Å²) in [4.78, 5) is 11.1. The van der Waals surface area contributed by atoms with Gasteiger partial charge in [0.1, 0.15) is 6.10 Å². The lowest BCUT2D eigenvalue weighted by atomic mass is 9.94. The van der Waals surface area contributed by atoms with Crippen molar-refractivity contribution in [3.63, 3.8) is 0 Å². The van der Waals surface area contributed by atoms with Crippen LogP contribution in [0.4, 0.5) is 31.1 Å². The number of hydrogen-bond donors (Lipinski definition) is 1. The van der Waals surface area contributed by atoms with Gasteiger partial charge in [-0.3, -0.25) is 5.32 Å². The van der Waals surface area contributed by atoms with Gasteiger partial charge < -0.3 is 4.74 Å². The molecule has 0 saturated carbocycles. The Bertz CT molecular complexity index is 298. The molecule has 0 bridgehead atoms. The first-order valence-corrected chi connectivity index (χ1v) is 5.53. The Hall–Kier alpha value is -1.15. The Morgan fingerprint density at radius 1 is 1.11 bits per heavy atom. The monoisotopic (exact) mass is 295 g/mol. The van der Waals surface area contributed by atoms with Crippen LogP contribution in [0.3, 0.4) is 0 Å². The van der Waals surface area contributed by atoms with E-state index in [2.05, 4.69) is 4.74 Å². The van der Waals surface area contributed by atoms with Crippen molar-refractivity contribution in [2.75, 3.05) is 0 Å². The van der Waals surface area contributed by atoms with Crippen LogP contribution < -0.4 is 5.32 Å². The Morgan fingerprint density at radius 3 is 1.79 bits per heavy atom. The summed E-state index contributed by atoms with van der Waals surface area (Å²) in [6.07, 6.45) is -15.0. The Morgan fingerprint density at radius 2 is 1.53 bits per heavy atom. The van der Waals surface area contributed by atoms with Gasteiger partial charge in [0.25, 0.3) is 0 Å². The number of alkyl carbamates (subject to hydrolysis) is 1. The minimum absolute atomic E-state index is 0.268. The van der Waals surface area contributed by atoms with Gasteiger partial charge in [-0.1, -0.05) is 13.8 Å². The standard InChI is InChI=1S/C10H15F6NO2/c1-4-6(3)19-7(18)17-8(5-2,9(11,12)13)10(14,15)16/h6H,4-5H2,1-3H3,(H,17,18). The van der Waals surface area contributed by atoms with E-state index in [0.29, 0.717) is 6.92 Å². The van der Waals surface area contributed by atoms with Crippen molar-refractivity contribution in [3.8, 4) is 0 Å². The summed E-state index contributed by atoms with van der Waals surface area (Å²) >= 11 is 0. The first kappa shape index (κ1) is 17.8. The molecule has 0 rings (SSSR count). The number of amides is 1.